The van der Waals surface area contributed by atoms with Crippen LogP contribution in [0.5, 0.6) is 0 Å². The van der Waals surface area contributed by atoms with E-state index in [1.807, 2.05) is 6.07 Å². The summed E-state index contributed by atoms with van der Waals surface area (Å²) in [6.45, 7) is 2.18. The molecular formula is C19H16FN7O. The molecule has 8 nitrogen and oxygen atoms in total. The highest BCUT2D eigenvalue weighted by Crippen LogP contribution is 2.26. The SMILES string of the molecule is Cc1nn2c(C(N)=O)cccc2c1-c1nncc(NCc2cccc(F)c2)n1. The van der Waals surface area contributed by atoms with Crippen molar-refractivity contribution in [3.8, 4) is 11.4 Å². The zero-order valence-electron chi connectivity index (χ0n) is 14.9. The van der Waals surface area contributed by atoms with Gasteiger partial charge in [0.1, 0.15) is 17.3 Å². The first kappa shape index (κ1) is 17.5. The predicted molar refractivity (Wildman–Crippen MR) is 101 cm³/mol. The number of aryl methyl sites for hydroxylation is 1. The Labute approximate surface area is 159 Å². The van der Waals surface area contributed by atoms with Crippen LogP contribution < -0.4 is 11.1 Å². The Balaban J connectivity index is 1.69. The Bertz CT molecular complexity index is 1190. The Morgan fingerprint density at radius 2 is 2.07 bits per heavy atom. The van der Waals surface area contributed by atoms with Crippen molar-refractivity contribution in [2.45, 2.75) is 13.5 Å². The van der Waals surface area contributed by atoms with Crippen molar-refractivity contribution >= 4 is 17.2 Å². The highest BCUT2D eigenvalue weighted by atomic mass is 19.1. The van der Waals surface area contributed by atoms with E-state index in [4.69, 9.17) is 5.73 Å². The molecule has 0 bridgehead atoms. The number of aromatic nitrogens is 5. The summed E-state index contributed by atoms with van der Waals surface area (Å²) in [7, 11) is 0. The highest BCUT2D eigenvalue weighted by Gasteiger charge is 2.18. The molecule has 0 saturated heterocycles. The molecule has 28 heavy (non-hydrogen) atoms. The minimum Gasteiger partial charge on any atom is -0.365 e. The number of halogens is 1. The van der Waals surface area contributed by atoms with E-state index in [2.05, 4.69) is 25.6 Å². The van der Waals surface area contributed by atoms with Gasteiger partial charge >= 0.3 is 0 Å². The largest absolute Gasteiger partial charge is 0.365 e. The smallest absolute Gasteiger partial charge is 0.267 e. The fourth-order valence-corrected chi connectivity index (χ4v) is 2.98. The molecule has 0 saturated carbocycles. The number of nitrogens with two attached hydrogens (primary N) is 1. The van der Waals surface area contributed by atoms with Crippen LogP contribution in [0.4, 0.5) is 10.2 Å². The first-order valence-electron chi connectivity index (χ1n) is 8.49. The lowest BCUT2D eigenvalue weighted by Crippen LogP contribution is -2.15. The normalized spacial score (nSPS) is 10.9. The number of nitrogens with one attached hydrogen (secondary N) is 1. The lowest BCUT2D eigenvalue weighted by atomic mass is 10.2. The maximum absolute atomic E-state index is 13.3. The number of carbonyl (C=O) groups excluding carboxylic acids is 1. The minimum atomic E-state index is -0.579. The van der Waals surface area contributed by atoms with Gasteiger partial charge in [-0.3, -0.25) is 4.79 Å². The molecule has 9 heteroatoms. The van der Waals surface area contributed by atoms with Crippen molar-refractivity contribution in [3.63, 3.8) is 0 Å². The van der Waals surface area contributed by atoms with Crippen LogP contribution >= 0.6 is 0 Å². The minimum absolute atomic E-state index is 0.264. The first-order chi connectivity index (χ1) is 13.5. The molecule has 0 fully saturated rings. The van der Waals surface area contributed by atoms with Crippen LogP contribution in [0.3, 0.4) is 0 Å². The number of hydrogen-bond donors (Lipinski definition) is 2. The van der Waals surface area contributed by atoms with Gasteiger partial charge in [-0.05, 0) is 36.8 Å². The van der Waals surface area contributed by atoms with Crippen LogP contribution in [0, 0.1) is 12.7 Å². The number of carbonyl (C=O) groups is 1. The maximum atomic E-state index is 13.3. The summed E-state index contributed by atoms with van der Waals surface area (Å²) in [5.74, 6) is -0.0327. The second kappa shape index (κ2) is 7.03. The van der Waals surface area contributed by atoms with E-state index in [1.54, 1.807) is 31.2 Å². The quantitative estimate of drug-likeness (QED) is 0.552. The molecule has 0 radical (unpaired) electrons. The number of anilines is 1. The molecule has 3 aromatic heterocycles. The molecule has 1 aromatic carbocycles. The van der Waals surface area contributed by atoms with E-state index in [-0.39, 0.29) is 11.5 Å². The topological polar surface area (TPSA) is 111 Å². The molecular weight excluding hydrogens is 361 g/mol. The molecule has 4 rings (SSSR count). The van der Waals surface area contributed by atoms with Crippen molar-refractivity contribution < 1.29 is 9.18 Å². The maximum Gasteiger partial charge on any atom is 0.267 e. The number of primary amides is 1. The van der Waals surface area contributed by atoms with Crippen molar-refractivity contribution in [2.75, 3.05) is 5.32 Å². The van der Waals surface area contributed by atoms with Gasteiger partial charge in [-0.1, -0.05) is 18.2 Å². The van der Waals surface area contributed by atoms with Crippen LogP contribution in [0.2, 0.25) is 0 Å². The fraction of sp³-hybridized carbons (Fsp3) is 0.105. The number of benzene rings is 1. The van der Waals surface area contributed by atoms with E-state index in [9.17, 15) is 9.18 Å². The number of amides is 1. The Morgan fingerprint density at radius 1 is 1.25 bits per heavy atom. The van der Waals surface area contributed by atoms with Crippen LogP contribution in [0.1, 0.15) is 21.7 Å². The van der Waals surface area contributed by atoms with Crippen molar-refractivity contribution in [3.05, 3.63) is 71.4 Å². The van der Waals surface area contributed by atoms with Gasteiger partial charge in [0.2, 0.25) is 0 Å². The Morgan fingerprint density at radius 3 is 2.86 bits per heavy atom. The van der Waals surface area contributed by atoms with E-state index < -0.39 is 5.91 Å². The third-order valence-electron chi connectivity index (χ3n) is 4.23. The van der Waals surface area contributed by atoms with Crippen LogP contribution in [-0.2, 0) is 6.54 Å². The van der Waals surface area contributed by atoms with Gasteiger partial charge in [0, 0.05) is 6.54 Å². The zero-order valence-corrected chi connectivity index (χ0v) is 14.9. The number of rotatable bonds is 5. The summed E-state index contributed by atoms with van der Waals surface area (Å²) in [6.07, 6.45) is 1.48. The number of pyridine rings is 1. The highest BCUT2D eigenvalue weighted by molar-refractivity contribution is 5.93. The second-order valence-electron chi connectivity index (χ2n) is 6.18. The van der Waals surface area contributed by atoms with Gasteiger partial charge in [-0.25, -0.2) is 13.9 Å². The molecule has 0 aliphatic heterocycles. The van der Waals surface area contributed by atoms with Crippen LogP contribution in [0.15, 0.2) is 48.7 Å². The van der Waals surface area contributed by atoms with Gasteiger partial charge in [0.05, 0.1) is 23.0 Å². The molecule has 0 atom stereocenters. The summed E-state index contributed by atoms with van der Waals surface area (Å²) < 4.78 is 14.8. The molecule has 3 heterocycles. The van der Waals surface area contributed by atoms with Gasteiger partial charge < -0.3 is 11.1 Å². The molecule has 1 amide bonds. The molecule has 4 aromatic rings. The van der Waals surface area contributed by atoms with Gasteiger partial charge in [0.15, 0.2) is 5.82 Å². The van der Waals surface area contributed by atoms with Crippen LogP contribution in [0.25, 0.3) is 16.9 Å². The van der Waals surface area contributed by atoms with Crippen molar-refractivity contribution in [1.29, 1.82) is 0 Å². The van der Waals surface area contributed by atoms with Gasteiger partial charge in [0.25, 0.3) is 5.91 Å². The van der Waals surface area contributed by atoms with E-state index in [0.717, 1.165) is 5.56 Å². The first-order valence-corrected chi connectivity index (χ1v) is 8.49. The van der Waals surface area contributed by atoms with Crippen LogP contribution in [-0.4, -0.2) is 30.7 Å². The second-order valence-corrected chi connectivity index (χ2v) is 6.18. The Kier molecular flexibility index (Phi) is 4.40. The number of fused-ring (bicyclic) bond motifs is 1. The lowest BCUT2D eigenvalue weighted by molar-refractivity contribution is 0.0993. The number of nitrogens with zero attached hydrogens (tertiary/aromatic N) is 5. The average Bonchev–Trinajstić information content (AvgIpc) is 3.02. The summed E-state index contributed by atoms with van der Waals surface area (Å²) >= 11 is 0. The third kappa shape index (κ3) is 3.25. The molecule has 0 unspecified atom stereocenters. The molecule has 0 aliphatic rings. The fourth-order valence-electron chi connectivity index (χ4n) is 2.98. The predicted octanol–water partition coefficient (Wildman–Crippen LogP) is 2.34. The van der Waals surface area contributed by atoms with Gasteiger partial charge in [-0.2, -0.15) is 10.2 Å². The third-order valence-corrected chi connectivity index (χ3v) is 4.23. The van der Waals surface area contributed by atoms with E-state index in [0.29, 0.717) is 35.0 Å². The average molecular weight is 377 g/mol. The molecule has 0 spiro atoms. The van der Waals surface area contributed by atoms with Crippen molar-refractivity contribution in [2.24, 2.45) is 5.73 Å². The summed E-state index contributed by atoms with van der Waals surface area (Å²) in [5.41, 5.74) is 8.41. The number of hydrogen-bond acceptors (Lipinski definition) is 6. The zero-order chi connectivity index (χ0) is 19.7. The standard InChI is InChI=1S/C19H16FN7O/c1-11-17(14-6-3-7-15(18(21)28)27(14)26-11)19-24-16(10-23-25-19)22-9-12-4-2-5-13(20)8-12/h2-8,10H,9H2,1H3,(H2,21,28)(H,22,24,25). The monoisotopic (exact) mass is 377 g/mol. The summed E-state index contributed by atoms with van der Waals surface area (Å²) in [6, 6.07) is 11.4. The lowest BCUT2D eigenvalue weighted by Gasteiger charge is -2.07. The molecule has 140 valence electrons. The van der Waals surface area contributed by atoms with E-state index in [1.165, 1.54) is 22.8 Å². The van der Waals surface area contributed by atoms with E-state index >= 15 is 0 Å². The van der Waals surface area contributed by atoms with Crippen molar-refractivity contribution in [1.82, 2.24) is 24.8 Å². The Hall–Kier alpha value is -3.88. The molecule has 0 aliphatic carbocycles. The molecule has 3 N–H and O–H groups in total. The van der Waals surface area contributed by atoms with Gasteiger partial charge in [-0.15, -0.1) is 5.10 Å². The summed E-state index contributed by atoms with van der Waals surface area (Å²) in [5, 5.41) is 15.6. The summed E-state index contributed by atoms with van der Waals surface area (Å²) in [4.78, 5) is 16.1.